The quantitative estimate of drug-likeness (QED) is 0.817. The lowest BCUT2D eigenvalue weighted by molar-refractivity contribution is -0.122. The summed E-state index contributed by atoms with van der Waals surface area (Å²) < 4.78 is 4.68. The van der Waals surface area contributed by atoms with Crippen LogP contribution in [0, 0.1) is 12.8 Å². The highest BCUT2D eigenvalue weighted by Gasteiger charge is 2.35. The van der Waals surface area contributed by atoms with Gasteiger partial charge in [-0.2, -0.15) is 0 Å². The first kappa shape index (κ1) is 18.9. The minimum absolute atomic E-state index is 0.0983. The second-order valence-corrected chi connectivity index (χ2v) is 6.77. The Morgan fingerprint density at radius 1 is 1.22 bits per heavy atom. The Bertz CT molecular complexity index is 913. The Balaban J connectivity index is 1.75. The molecule has 1 saturated heterocycles. The molecule has 1 N–H and O–H groups in total. The van der Waals surface area contributed by atoms with E-state index in [0.29, 0.717) is 17.3 Å². The molecule has 0 spiro atoms. The summed E-state index contributed by atoms with van der Waals surface area (Å²) in [6.45, 7) is 2.22. The number of carbonyl (C=O) groups excluding carboxylic acids is 3. The van der Waals surface area contributed by atoms with E-state index < -0.39 is 11.9 Å². The highest BCUT2D eigenvalue weighted by atomic mass is 35.5. The second kappa shape index (κ2) is 7.80. The van der Waals surface area contributed by atoms with Gasteiger partial charge >= 0.3 is 5.97 Å². The number of para-hydroxylation sites is 1. The standard InChI is InChI=1S/C20H19ClN2O4/c1-12-5-3-4-6-17(12)23-11-14(10-18(23)24)19(25)22-16-9-13(20(26)27-2)7-8-15(16)21/h3-9,14H,10-11H2,1-2H3,(H,22,25). The van der Waals surface area contributed by atoms with E-state index in [1.165, 1.54) is 25.3 Å². The summed E-state index contributed by atoms with van der Waals surface area (Å²) in [4.78, 5) is 38.4. The van der Waals surface area contributed by atoms with Gasteiger partial charge in [0.25, 0.3) is 0 Å². The molecule has 1 atom stereocenters. The second-order valence-electron chi connectivity index (χ2n) is 6.37. The smallest absolute Gasteiger partial charge is 0.337 e. The van der Waals surface area contributed by atoms with E-state index >= 15 is 0 Å². The van der Waals surface area contributed by atoms with Crippen molar-refractivity contribution in [2.24, 2.45) is 5.92 Å². The van der Waals surface area contributed by atoms with Crippen LogP contribution in [0.25, 0.3) is 0 Å². The predicted octanol–water partition coefficient (Wildman–Crippen LogP) is 3.43. The minimum atomic E-state index is -0.524. The Hall–Kier alpha value is -2.86. The molecule has 6 nitrogen and oxygen atoms in total. The summed E-state index contributed by atoms with van der Waals surface area (Å²) in [6.07, 6.45) is 0.120. The normalized spacial score (nSPS) is 16.3. The fourth-order valence-electron chi connectivity index (χ4n) is 3.08. The molecule has 1 unspecified atom stereocenters. The third-order valence-corrected chi connectivity index (χ3v) is 4.88. The fourth-order valence-corrected chi connectivity index (χ4v) is 3.25. The number of rotatable bonds is 4. The monoisotopic (exact) mass is 386 g/mol. The molecule has 0 radical (unpaired) electrons. The molecule has 2 amide bonds. The van der Waals surface area contributed by atoms with Gasteiger partial charge in [-0.3, -0.25) is 9.59 Å². The molecule has 1 aliphatic rings. The average molecular weight is 387 g/mol. The summed E-state index contributed by atoms with van der Waals surface area (Å²) in [6, 6.07) is 12.0. The Labute approximate surface area is 162 Å². The van der Waals surface area contributed by atoms with Crippen molar-refractivity contribution in [3.05, 3.63) is 58.6 Å². The first-order chi connectivity index (χ1) is 12.9. The zero-order chi connectivity index (χ0) is 19.6. The lowest BCUT2D eigenvalue weighted by Crippen LogP contribution is -2.28. The maximum atomic E-state index is 12.7. The molecule has 0 bridgehead atoms. The van der Waals surface area contributed by atoms with Gasteiger partial charge < -0.3 is 15.0 Å². The van der Waals surface area contributed by atoms with Gasteiger partial charge in [0, 0.05) is 18.7 Å². The van der Waals surface area contributed by atoms with E-state index in [9.17, 15) is 14.4 Å². The van der Waals surface area contributed by atoms with Crippen LogP contribution in [0.5, 0.6) is 0 Å². The summed E-state index contributed by atoms with van der Waals surface area (Å²) in [7, 11) is 1.28. The van der Waals surface area contributed by atoms with Crippen molar-refractivity contribution in [1.82, 2.24) is 0 Å². The number of carbonyl (C=O) groups is 3. The molecule has 7 heteroatoms. The molecule has 140 valence electrons. The van der Waals surface area contributed by atoms with Crippen LogP contribution in [-0.2, 0) is 14.3 Å². The van der Waals surface area contributed by atoms with Gasteiger partial charge in [0.1, 0.15) is 0 Å². The van der Waals surface area contributed by atoms with E-state index in [1.54, 1.807) is 4.90 Å². The largest absolute Gasteiger partial charge is 0.465 e. The number of ether oxygens (including phenoxy) is 1. The molecule has 1 aliphatic heterocycles. The van der Waals surface area contributed by atoms with Gasteiger partial charge in [0.05, 0.1) is 29.3 Å². The van der Waals surface area contributed by atoms with Gasteiger partial charge in [0.2, 0.25) is 11.8 Å². The molecule has 1 heterocycles. The molecule has 27 heavy (non-hydrogen) atoms. The third-order valence-electron chi connectivity index (χ3n) is 4.55. The number of aryl methyl sites for hydroxylation is 1. The van der Waals surface area contributed by atoms with Crippen molar-refractivity contribution in [2.75, 3.05) is 23.9 Å². The van der Waals surface area contributed by atoms with Gasteiger partial charge in [-0.25, -0.2) is 4.79 Å². The maximum Gasteiger partial charge on any atom is 0.337 e. The molecule has 0 aromatic heterocycles. The molecule has 2 aromatic rings. The van der Waals surface area contributed by atoms with Crippen LogP contribution in [0.3, 0.4) is 0 Å². The topological polar surface area (TPSA) is 75.7 Å². The molecule has 3 rings (SSSR count). The highest BCUT2D eigenvalue weighted by molar-refractivity contribution is 6.34. The lowest BCUT2D eigenvalue weighted by Gasteiger charge is -2.19. The summed E-state index contributed by atoms with van der Waals surface area (Å²) in [5, 5.41) is 3.02. The number of hydrogen-bond acceptors (Lipinski definition) is 4. The first-order valence-electron chi connectivity index (χ1n) is 8.45. The molecule has 0 aliphatic carbocycles. The predicted molar refractivity (Wildman–Crippen MR) is 103 cm³/mol. The average Bonchev–Trinajstić information content (AvgIpc) is 3.05. The van der Waals surface area contributed by atoms with E-state index in [0.717, 1.165) is 11.3 Å². The number of hydrogen-bond donors (Lipinski definition) is 1. The Morgan fingerprint density at radius 2 is 1.96 bits per heavy atom. The summed E-state index contributed by atoms with van der Waals surface area (Å²) in [5.41, 5.74) is 2.37. The number of nitrogens with one attached hydrogen (secondary N) is 1. The van der Waals surface area contributed by atoms with Crippen LogP contribution in [0.15, 0.2) is 42.5 Å². The number of esters is 1. The summed E-state index contributed by atoms with van der Waals surface area (Å²) >= 11 is 6.12. The summed E-state index contributed by atoms with van der Waals surface area (Å²) in [5.74, 6) is -1.44. The molecular formula is C20H19ClN2O4. The van der Waals surface area contributed by atoms with Crippen LogP contribution in [-0.4, -0.2) is 31.4 Å². The van der Waals surface area contributed by atoms with Crippen molar-refractivity contribution < 1.29 is 19.1 Å². The van der Waals surface area contributed by atoms with Crippen LogP contribution >= 0.6 is 11.6 Å². The van der Waals surface area contributed by atoms with Crippen molar-refractivity contribution in [3.63, 3.8) is 0 Å². The zero-order valence-corrected chi connectivity index (χ0v) is 15.7. The van der Waals surface area contributed by atoms with Crippen molar-refractivity contribution in [1.29, 1.82) is 0 Å². The number of halogens is 1. The van der Waals surface area contributed by atoms with Crippen LogP contribution in [0.4, 0.5) is 11.4 Å². The van der Waals surface area contributed by atoms with E-state index in [1.807, 2.05) is 31.2 Å². The molecule has 0 saturated carbocycles. The first-order valence-corrected chi connectivity index (χ1v) is 8.83. The fraction of sp³-hybridized carbons (Fsp3) is 0.250. The van der Waals surface area contributed by atoms with E-state index in [2.05, 4.69) is 10.1 Å². The Morgan fingerprint density at radius 3 is 2.67 bits per heavy atom. The maximum absolute atomic E-state index is 12.7. The number of anilines is 2. The van der Waals surface area contributed by atoms with E-state index in [4.69, 9.17) is 11.6 Å². The lowest BCUT2D eigenvalue weighted by atomic mass is 10.1. The number of benzene rings is 2. The van der Waals surface area contributed by atoms with Crippen LogP contribution in [0.1, 0.15) is 22.3 Å². The van der Waals surface area contributed by atoms with Crippen molar-refractivity contribution >= 4 is 40.8 Å². The molecule has 2 aromatic carbocycles. The zero-order valence-electron chi connectivity index (χ0n) is 15.0. The molecular weight excluding hydrogens is 368 g/mol. The minimum Gasteiger partial charge on any atom is -0.465 e. The van der Waals surface area contributed by atoms with Gasteiger partial charge in [-0.1, -0.05) is 29.8 Å². The van der Waals surface area contributed by atoms with Crippen LogP contribution in [0.2, 0.25) is 5.02 Å². The van der Waals surface area contributed by atoms with Crippen molar-refractivity contribution in [3.8, 4) is 0 Å². The SMILES string of the molecule is COC(=O)c1ccc(Cl)c(NC(=O)C2CC(=O)N(c3ccccc3C)C2)c1. The van der Waals surface area contributed by atoms with E-state index in [-0.39, 0.29) is 23.8 Å². The molecule has 1 fully saturated rings. The van der Waals surface area contributed by atoms with Crippen molar-refractivity contribution in [2.45, 2.75) is 13.3 Å². The van der Waals surface area contributed by atoms with Gasteiger partial charge in [-0.05, 0) is 36.8 Å². The Kier molecular flexibility index (Phi) is 5.46. The number of nitrogens with zero attached hydrogens (tertiary/aromatic N) is 1. The van der Waals surface area contributed by atoms with Crippen LogP contribution < -0.4 is 10.2 Å². The number of methoxy groups -OCH3 is 1. The van der Waals surface area contributed by atoms with Gasteiger partial charge in [-0.15, -0.1) is 0 Å². The highest BCUT2D eigenvalue weighted by Crippen LogP contribution is 2.30. The van der Waals surface area contributed by atoms with Gasteiger partial charge in [0.15, 0.2) is 0 Å². The number of amides is 2. The third kappa shape index (κ3) is 3.95.